The number of phenols is 1. The zero-order chi connectivity index (χ0) is 12.6. The Bertz CT molecular complexity index is 695. The van der Waals surface area contributed by atoms with E-state index in [-0.39, 0.29) is 28.0 Å². The van der Waals surface area contributed by atoms with Crippen molar-refractivity contribution in [2.75, 3.05) is 0 Å². The van der Waals surface area contributed by atoms with Gasteiger partial charge in [-0.3, -0.25) is 4.79 Å². The maximum absolute atomic E-state index is 11.6. The van der Waals surface area contributed by atoms with Crippen LogP contribution in [0.3, 0.4) is 0 Å². The fourth-order valence-corrected chi connectivity index (χ4v) is 1.89. The highest BCUT2D eigenvalue weighted by atomic mass is 16.3. The number of nitriles is 1. The van der Waals surface area contributed by atoms with Crippen LogP contribution in [0.25, 0.3) is 10.9 Å². The van der Waals surface area contributed by atoms with Crippen molar-refractivity contribution in [1.82, 2.24) is 4.57 Å². The molecule has 0 amide bonds. The van der Waals surface area contributed by atoms with Crippen LogP contribution in [0.2, 0.25) is 0 Å². The number of rotatable bonds is 1. The number of aromatic nitrogens is 1. The maximum atomic E-state index is 11.6. The normalized spacial score (nSPS) is 10.4. The summed E-state index contributed by atoms with van der Waals surface area (Å²) in [5.41, 5.74) is 0.0705. The molecule has 0 bridgehead atoms. The van der Waals surface area contributed by atoms with E-state index in [1.807, 2.05) is 6.07 Å². The largest absolute Gasteiger partial charge is 0.507 e. The molecule has 17 heavy (non-hydrogen) atoms. The number of benzene rings is 1. The fourth-order valence-electron chi connectivity index (χ4n) is 1.89. The van der Waals surface area contributed by atoms with Crippen LogP contribution < -0.4 is 5.56 Å². The number of aromatic hydroxyl groups is 2. The molecule has 2 aromatic rings. The van der Waals surface area contributed by atoms with Gasteiger partial charge in [0.1, 0.15) is 23.1 Å². The van der Waals surface area contributed by atoms with Gasteiger partial charge in [-0.05, 0) is 19.1 Å². The highest BCUT2D eigenvalue weighted by molar-refractivity contribution is 5.92. The molecule has 0 aliphatic heterocycles. The van der Waals surface area contributed by atoms with Gasteiger partial charge in [-0.2, -0.15) is 5.26 Å². The number of hydrogen-bond acceptors (Lipinski definition) is 4. The topological polar surface area (TPSA) is 86.3 Å². The minimum atomic E-state index is -0.341. The van der Waals surface area contributed by atoms with Gasteiger partial charge in [0.25, 0.3) is 5.56 Å². The van der Waals surface area contributed by atoms with Crippen molar-refractivity contribution >= 4 is 10.9 Å². The lowest BCUT2D eigenvalue weighted by Gasteiger charge is -2.10. The Kier molecular flexibility index (Phi) is 2.48. The molecule has 0 saturated heterocycles. The van der Waals surface area contributed by atoms with E-state index < -0.39 is 0 Å². The van der Waals surface area contributed by atoms with Crippen molar-refractivity contribution in [3.8, 4) is 17.6 Å². The number of aryl methyl sites for hydroxylation is 1. The Morgan fingerprint density at radius 1 is 1.35 bits per heavy atom. The summed E-state index contributed by atoms with van der Waals surface area (Å²) in [5.74, 6) is -0.501. The monoisotopic (exact) mass is 230 g/mol. The van der Waals surface area contributed by atoms with Crippen LogP contribution in [0.5, 0.6) is 11.5 Å². The van der Waals surface area contributed by atoms with Gasteiger partial charge >= 0.3 is 0 Å². The minimum absolute atomic E-state index is 0.0257. The van der Waals surface area contributed by atoms with Gasteiger partial charge < -0.3 is 14.8 Å². The second-order valence-corrected chi connectivity index (χ2v) is 3.58. The Labute approximate surface area is 96.8 Å². The lowest BCUT2D eigenvalue weighted by Crippen LogP contribution is -2.18. The molecule has 1 aromatic carbocycles. The molecule has 2 rings (SSSR count). The first-order valence-corrected chi connectivity index (χ1v) is 5.08. The molecule has 1 heterocycles. The number of pyridine rings is 1. The molecular formula is C12H10N2O3. The van der Waals surface area contributed by atoms with Gasteiger partial charge in [0.05, 0.1) is 10.9 Å². The van der Waals surface area contributed by atoms with Crippen LogP contribution in [0.15, 0.2) is 23.0 Å². The van der Waals surface area contributed by atoms with E-state index >= 15 is 0 Å². The molecule has 1 aromatic heterocycles. The highest BCUT2D eigenvalue weighted by Gasteiger charge is 2.14. The molecule has 5 heteroatoms. The number of nitrogens with zero attached hydrogens (tertiary/aromatic N) is 2. The predicted octanol–water partition coefficient (Wildman–Crippen LogP) is 1.30. The first-order chi connectivity index (χ1) is 8.10. The lowest BCUT2D eigenvalue weighted by molar-refractivity contribution is 0.468. The smallest absolute Gasteiger partial charge is 0.254 e. The minimum Gasteiger partial charge on any atom is -0.507 e. The van der Waals surface area contributed by atoms with Crippen LogP contribution in [0.1, 0.15) is 12.5 Å². The van der Waals surface area contributed by atoms with E-state index in [1.54, 1.807) is 6.92 Å². The van der Waals surface area contributed by atoms with E-state index in [0.29, 0.717) is 12.1 Å². The van der Waals surface area contributed by atoms with E-state index in [9.17, 15) is 15.0 Å². The summed E-state index contributed by atoms with van der Waals surface area (Å²) in [4.78, 5) is 11.6. The highest BCUT2D eigenvalue weighted by Crippen LogP contribution is 2.31. The van der Waals surface area contributed by atoms with Gasteiger partial charge in [0, 0.05) is 12.6 Å². The third kappa shape index (κ3) is 1.51. The molecule has 2 N–H and O–H groups in total. The van der Waals surface area contributed by atoms with Gasteiger partial charge in [0.2, 0.25) is 0 Å². The second kappa shape index (κ2) is 3.83. The van der Waals surface area contributed by atoms with Crippen molar-refractivity contribution in [1.29, 1.82) is 5.26 Å². The van der Waals surface area contributed by atoms with Gasteiger partial charge in [0.15, 0.2) is 0 Å². The quantitative estimate of drug-likeness (QED) is 0.773. The summed E-state index contributed by atoms with van der Waals surface area (Å²) in [5, 5.41) is 28.4. The summed E-state index contributed by atoms with van der Waals surface area (Å²) < 4.78 is 1.43. The van der Waals surface area contributed by atoms with Gasteiger partial charge in [-0.15, -0.1) is 0 Å². The number of phenolic OH excluding ortho intramolecular Hbond substituents is 1. The summed E-state index contributed by atoms with van der Waals surface area (Å²) in [7, 11) is 0. The Morgan fingerprint density at radius 2 is 2.06 bits per heavy atom. The molecule has 5 nitrogen and oxygen atoms in total. The molecule has 0 unspecified atom stereocenters. The molecule has 0 spiro atoms. The van der Waals surface area contributed by atoms with Crippen molar-refractivity contribution in [2.24, 2.45) is 0 Å². The maximum Gasteiger partial charge on any atom is 0.254 e. The third-order valence-electron chi connectivity index (χ3n) is 2.66. The first-order valence-electron chi connectivity index (χ1n) is 5.08. The number of hydrogen-bond donors (Lipinski definition) is 2. The van der Waals surface area contributed by atoms with E-state index in [4.69, 9.17) is 5.26 Å². The first kappa shape index (κ1) is 11.0. The van der Waals surface area contributed by atoms with E-state index in [0.717, 1.165) is 6.07 Å². The van der Waals surface area contributed by atoms with Crippen molar-refractivity contribution in [2.45, 2.75) is 13.5 Å². The average Bonchev–Trinajstić information content (AvgIpc) is 2.30. The Balaban J connectivity index is 3.09. The van der Waals surface area contributed by atoms with Crippen molar-refractivity contribution in [3.05, 3.63) is 34.1 Å². The molecule has 0 radical (unpaired) electrons. The van der Waals surface area contributed by atoms with E-state index in [1.165, 1.54) is 16.7 Å². The summed E-state index contributed by atoms with van der Waals surface area (Å²) >= 11 is 0. The standard InChI is InChI=1S/C12H10N2O3/c1-2-14-8-3-4-9(15)7(6-13)12(8)10(16)5-11(14)17/h3-5,15-16H,2H2,1H3. The fraction of sp³-hybridized carbons (Fsp3) is 0.167. The van der Waals surface area contributed by atoms with Crippen LogP contribution >= 0.6 is 0 Å². The molecule has 0 aliphatic carbocycles. The molecule has 0 aliphatic rings. The summed E-state index contributed by atoms with van der Waals surface area (Å²) in [6.07, 6.45) is 0. The van der Waals surface area contributed by atoms with Crippen LogP contribution in [0.4, 0.5) is 0 Å². The summed E-state index contributed by atoms with van der Waals surface area (Å²) in [6.45, 7) is 2.21. The third-order valence-corrected chi connectivity index (χ3v) is 2.66. The van der Waals surface area contributed by atoms with E-state index in [2.05, 4.69) is 0 Å². The predicted molar refractivity (Wildman–Crippen MR) is 61.9 cm³/mol. The molecule has 0 atom stereocenters. The molecular weight excluding hydrogens is 220 g/mol. The summed E-state index contributed by atoms with van der Waals surface area (Å²) in [6, 6.07) is 5.72. The molecule has 86 valence electrons. The van der Waals surface area contributed by atoms with Crippen molar-refractivity contribution < 1.29 is 10.2 Å². The SMILES string of the molecule is CCn1c(=O)cc(O)c2c(C#N)c(O)ccc21. The zero-order valence-electron chi connectivity index (χ0n) is 9.14. The lowest BCUT2D eigenvalue weighted by atomic mass is 10.1. The Morgan fingerprint density at radius 3 is 2.65 bits per heavy atom. The van der Waals surface area contributed by atoms with Gasteiger partial charge in [-0.1, -0.05) is 0 Å². The van der Waals surface area contributed by atoms with Crippen LogP contribution in [0, 0.1) is 11.3 Å². The van der Waals surface area contributed by atoms with Crippen molar-refractivity contribution in [3.63, 3.8) is 0 Å². The molecule has 0 saturated carbocycles. The van der Waals surface area contributed by atoms with Crippen LogP contribution in [-0.4, -0.2) is 14.8 Å². The average molecular weight is 230 g/mol. The zero-order valence-corrected chi connectivity index (χ0v) is 9.14. The second-order valence-electron chi connectivity index (χ2n) is 3.58. The Hall–Kier alpha value is -2.48. The number of fused-ring (bicyclic) bond motifs is 1. The van der Waals surface area contributed by atoms with Gasteiger partial charge in [-0.25, -0.2) is 0 Å². The molecule has 0 fully saturated rings. The van der Waals surface area contributed by atoms with Crippen LogP contribution in [-0.2, 0) is 6.54 Å².